The van der Waals surface area contributed by atoms with E-state index < -0.39 is 11.9 Å². The molecule has 2 aliphatic carbocycles. The third kappa shape index (κ3) is 3.81. The Bertz CT molecular complexity index is 1320. The average molecular weight is 450 g/mol. The highest BCUT2D eigenvalue weighted by molar-refractivity contribution is 5.67. The van der Waals surface area contributed by atoms with E-state index in [0.29, 0.717) is 17.3 Å². The van der Waals surface area contributed by atoms with Gasteiger partial charge < -0.3 is 4.57 Å². The summed E-state index contributed by atoms with van der Waals surface area (Å²) in [7, 11) is 0. The Labute approximate surface area is 187 Å². The molecular formula is C24H21F3N6. The van der Waals surface area contributed by atoms with Gasteiger partial charge in [0.2, 0.25) is 0 Å². The number of nitrogens with one attached hydrogen (secondary N) is 1. The summed E-state index contributed by atoms with van der Waals surface area (Å²) in [6, 6.07) is 10.0. The van der Waals surface area contributed by atoms with Gasteiger partial charge in [-0.25, -0.2) is 4.98 Å². The van der Waals surface area contributed by atoms with Crippen molar-refractivity contribution in [1.29, 1.82) is 0 Å². The van der Waals surface area contributed by atoms with E-state index in [4.69, 9.17) is 0 Å². The molecule has 1 atom stereocenters. The maximum absolute atomic E-state index is 13.2. The lowest BCUT2D eigenvalue weighted by molar-refractivity contribution is -0.140. The smallest absolute Gasteiger partial charge is 0.336 e. The van der Waals surface area contributed by atoms with Gasteiger partial charge in [-0.15, -0.1) is 0 Å². The molecule has 0 aliphatic heterocycles. The van der Waals surface area contributed by atoms with Crippen molar-refractivity contribution in [2.45, 2.75) is 50.2 Å². The van der Waals surface area contributed by atoms with Crippen LogP contribution < -0.4 is 0 Å². The van der Waals surface area contributed by atoms with E-state index in [2.05, 4.69) is 43.6 Å². The zero-order chi connectivity index (χ0) is 22.6. The summed E-state index contributed by atoms with van der Waals surface area (Å²) in [6.07, 6.45) is 5.36. The van der Waals surface area contributed by atoms with E-state index in [0.717, 1.165) is 25.3 Å². The molecule has 168 valence electrons. The number of alkyl halides is 3. The number of H-pyrrole nitrogens is 1. The number of aryl methyl sites for hydroxylation is 1. The van der Waals surface area contributed by atoms with Gasteiger partial charge in [0.1, 0.15) is 11.4 Å². The van der Waals surface area contributed by atoms with Crippen molar-refractivity contribution >= 4 is 0 Å². The second kappa shape index (κ2) is 7.54. The summed E-state index contributed by atoms with van der Waals surface area (Å²) >= 11 is 0. The maximum atomic E-state index is 13.2. The number of fused-ring (bicyclic) bond motifs is 1. The Morgan fingerprint density at radius 1 is 1.00 bits per heavy atom. The number of rotatable bonds is 5. The first-order chi connectivity index (χ1) is 16.0. The lowest BCUT2D eigenvalue weighted by Crippen LogP contribution is -2.07. The zero-order valence-corrected chi connectivity index (χ0v) is 17.7. The Morgan fingerprint density at radius 2 is 1.88 bits per heavy atom. The van der Waals surface area contributed by atoms with Crippen LogP contribution in [0, 0.1) is 0 Å². The van der Waals surface area contributed by atoms with Crippen LogP contribution in [0.15, 0.2) is 49.1 Å². The number of hydrogen-bond acceptors (Lipinski definition) is 4. The molecule has 0 bridgehead atoms. The highest BCUT2D eigenvalue weighted by Crippen LogP contribution is 2.43. The summed E-state index contributed by atoms with van der Waals surface area (Å²) < 4.78 is 41.6. The Morgan fingerprint density at radius 3 is 2.70 bits per heavy atom. The minimum Gasteiger partial charge on any atom is -0.336 e. The lowest BCUT2D eigenvalue weighted by atomic mass is 9.98. The van der Waals surface area contributed by atoms with Crippen LogP contribution in [0.1, 0.15) is 53.5 Å². The standard InChI is InChI=1S/C24H21F3N6/c25-24(26,27)23-22(30-32-31-23)17-7-8-28-20(10-17)21-12-33(13-29-21)11-18-4-3-16-9-15(14-1-2-14)5-6-19(16)18/h5-10,12-14,18H,1-4,11H2,(H,30,31,32)/t18-/m0/s1. The number of hydrogen-bond donors (Lipinski definition) is 1. The van der Waals surface area contributed by atoms with Gasteiger partial charge >= 0.3 is 6.18 Å². The van der Waals surface area contributed by atoms with Crippen molar-refractivity contribution in [2.75, 3.05) is 0 Å². The Balaban J connectivity index is 1.23. The van der Waals surface area contributed by atoms with Crippen LogP contribution in [-0.4, -0.2) is 29.9 Å². The largest absolute Gasteiger partial charge is 0.437 e. The summed E-state index contributed by atoms with van der Waals surface area (Å²) in [6.45, 7) is 0.809. The van der Waals surface area contributed by atoms with Crippen molar-refractivity contribution in [3.63, 3.8) is 0 Å². The molecule has 3 heterocycles. The molecule has 2 aliphatic rings. The average Bonchev–Trinajstić information content (AvgIpc) is 3.20. The molecule has 0 unspecified atom stereocenters. The lowest BCUT2D eigenvalue weighted by Gasteiger charge is -2.13. The number of imidazole rings is 1. The third-order valence-electron chi connectivity index (χ3n) is 6.59. The molecule has 0 radical (unpaired) electrons. The topological polar surface area (TPSA) is 72.3 Å². The van der Waals surface area contributed by atoms with E-state index in [1.54, 1.807) is 12.4 Å². The van der Waals surface area contributed by atoms with Crippen LogP contribution in [-0.2, 0) is 19.1 Å². The van der Waals surface area contributed by atoms with Crippen molar-refractivity contribution in [3.8, 4) is 22.6 Å². The fourth-order valence-corrected chi connectivity index (χ4v) is 4.78. The van der Waals surface area contributed by atoms with Crippen LogP contribution >= 0.6 is 0 Å². The second-order valence-corrected chi connectivity index (χ2v) is 8.87. The molecule has 0 amide bonds. The Kier molecular flexibility index (Phi) is 4.60. The van der Waals surface area contributed by atoms with E-state index in [9.17, 15) is 13.2 Å². The molecule has 1 N–H and O–H groups in total. The number of aromatic amines is 1. The van der Waals surface area contributed by atoms with Gasteiger partial charge in [-0.1, -0.05) is 18.2 Å². The van der Waals surface area contributed by atoms with Crippen LogP contribution in [0.3, 0.4) is 0 Å². The van der Waals surface area contributed by atoms with Gasteiger partial charge in [0.25, 0.3) is 0 Å². The molecule has 1 aromatic carbocycles. The summed E-state index contributed by atoms with van der Waals surface area (Å²) in [5.74, 6) is 1.19. The predicted molar refractivity (Wildman–Crippen MR) is 115 cm³/mol. The van der Waals surface area contributed by atoms with Gasteiger partial charge in [0.15, 0.2) is 5.69 Å². The minimum absolute atomic E-state index is 0.251. The first-order valence-electron chi connectivity index (χ1n) is 11.0. The highest BCUT2D eigenvalue weighted by Gasteiger charge is 2.38. The normalized spacial score (nSPS) is 18.0. The Hall–Kier alpha value is -3.49. The predicted octanol–water partition coefficient (Wildman–Crippen LogP) is 5.36. The number of pyridine rings is 1. The number of benzene rings is 1. The molecule has 33 heavy (non-hydrogen) atoms. The monoisotopic (exact) mass is 450 g/mol. The minimum atomic E-state index is -4.59. The van der Waals surface area contributed by atoms with Crippen molar-refractivity contribution in [3.05, 3.63) is 71.4 Å². The molecule has 1 saturated carbocycles. The van der Waals surface area contributed by atoms with Gasteiger partial charge in [-0.3, -0.25) is 4.98 Å². The first-order valence-corrected chi connectivity index (χ1v) is 11.0. The van der Waals surface area contributed by atoms with Crippen molar-refractivity contribution < 1.29 is 13.2 Å². The van der Waals surface area contributed by atoms with E-state index in [1.165, 1.54) is 41.8 Å². The van der Waals surface area contributed by atoms with Gasteiger partial charge in [-0.2, -0.15) is 28.6 Å². The molecule has 0 saturated heterocycles. The van der Waals surface area contributed by atoms with Gasteiger partial charge in [0, 0.05) is 30.4 Å². The first kappa shape index (κ1) is 20.1. The molecule has 1 fully saturated rings. The van der Waals surface area contributed by atoms with Crippen LogP contribution in [0.5, 0.6) is 0 Å². The molecule has 6 rings (SSSR count). The van der Waals surface area contributed by atoms with Crippen molar-refractivity contribution in [2.24, 2.45) is 0 Å². The second-order valence-electron chi connectivity index (χ2n) is 8.87. The molecule has 3 aromatic heterocycles. The van der Waals surface area contributed by atoms with Crippen LogP contribution in [0.25, 0.3) is 22.6 Å². The molecule has 4 aromatic rings. The third-order valence-corrected chi connectivity index (χ3v) is 6.59. The molecule has 9 heteroatoms. The zero-order valence-electron chi connectivity index (χ0n) is 17.7. The molecular weight excluding hydrogens is 429 g/mol. The summed E-state index contributed by atoms with van der Waals surface area (Å²) in [4.78, 5) is 8.77. The SMILES string of the molecule is FC(F)(F)c1n[nH]nc1-c1ccnc(-c2cn(C[C@@H]3CCc4cc(C5CC5)ccc43)cn2)c1. The molecule has 6 nitrogen and oxygen atoms in total. The fourth-order valence-electron chi connectivity index (χ4n) is 4.78. The summed E-state index contributed by atoms with van der Waals surface area (Å²) in [5.41, 5.74) is 4.44. The van der Waals surface area contributed by atoms with Gasteiger partial charge in [-0.05, 0) is 60.4 Å². The molecule has 0 spiro atoms. The van der Waals surface area contributed by atoms with Gasteiger partial charge in [0.05, 0.1) is 12.0 Å². The quantitative estimate of drug-likeness (QED) is 0.445. The van der Waals surface area contributed by atoms with E-state index >= 15 is 0 Å². The number of nitrogens with zero attached hydrogens (tertiary/aromatic N) is 5. The summed E-state index contributed by atoms with van der Waals surface area (Å²) in [5, 5.41) is 9.03. The fraction of sp³-hybridized carbons (Fsp3) is 0.333. The van der Waals surface area contributed by atoms with E-state index in [1.807, 2.05) is 10.8 Å². The number of halogens is 3. The maximum Gasteiger partial charge on any atom is 0.437 e. The van der Waals surface area contributed by atoms with Crippen molar-refractivity contribution in [1.82, 2.24) is 29.9 Å². The van der Waals surface area contributed by atoms with Crippen LogP contribution in [0.4, 0.5) is 13.2 Å². The number of aromatic nitrogens is 6. The van der Waals surface area contributed by atoms with E-state index in [-0.39, 0.29) is 11.3 Å². The van der Waals surface area contributed by atoms with Crippen LogP contribution in [0.2, 0.25) is 0 Å². The highest BCUT2D eigenvalue weighted by atomic mass is 19.4.